The van der Waals surface area contributed by atoms with Gasteiger partial charge in [0, 0.05) is 29.5 Å². The van der Waals surface area contributed by atoms with Crippen LogP contribution in [0.3, 0.4) is 0 Å². The first-order chi connectivity index (χ1) is 20.7. The molecule has 2 aromatic carbocycles. The van der Waals surface area contributed by atoms with Crippen molar-refractivity contribution in [1.82, 2.24) is 4.90 Å². The van der Waals surface area contributed by atoms with E-state index in [0.29, 0.717) is 41.7 Å². The van der Waals surface area contributed by atoms with Crippen LogP contribution in [0, 0.1) is 11.8 Å². The van der Waals surface area contributed by atoms with Gasteiger partial charge in [0.1, 0.15) is 17.4 Å². The van der Waals surface area contributed by atoms with E-state index in [4.69, 9.17) is 21.1 Å². The largest absolute Gasteiger partial charge is 0.494 e. The van der Waals surface area contributed by atoms with Crippen molar-refractivity contribution in [3.8, 4) is 5.75 Å². The Hall–Kier alpha value is -3.66. The highest BCUT2D eigenvalue weighted by Gasteiger charge is 2.75. The molecule has 0 aromatic heterocycles. The van der Waals surface area contributed by atoms with Crippen LogP contribution < -0.4 is 14.5 Å². The maximum Gasteiger partial charge on any atom is 0.253 e. The lowest BCUT2D eigenvalue weighted by molar-refractivity contribution is -0.148. The van der Waals surface area contributed by atoms with E-state index in [9.17, 15) is 19.5 Å². The predicted octanol–water partition coefficient (Wildman–Crippen LogP) is 3.99. The van der Waals surface area contributed by atoms with Crippen molar-refractivity contribution in [2.45, 2.75) is 50.5 Å². The second-order valence-electron chi connectivity index (χ2n) is 11.5. The molecule has 0 bridgehead atoms. The molecule has 1 N–H and O–H groups in total. The van der Waals surface area contributed by atoms with Crippen molar-refractivity contribution < 1.29 is 29.0 Å². The topological polar surface area (TPSA) is 99.6 Å². The third kappa shape index (κ3) is 4.48. The van der Waals surface area contributed by atoms with Crippen LogP contribution in [-0.2, 0) is 19.1 Å². The van der Waals surface area contributed by atoms with E-state index in [0.717, 1.165) is 0 Å². The molecule has 2 saturated heterocycles. The standard InChI is InChI=1S/C33H36ClN3O6/c1-4-32-16-6-18-35(24-12-14-25(15-13-24)42-5-2)29(39)26(32)27-30(40)37(21(3)20-38)28-31(41)36(19-7-17-33(27,28)43-32)23-10-8-22(34)9-11-23/h6-17,21,26-28,38H,4-5,18-20H2,1-3H3/t21-,26-,27+,28?,32+,33+/m1/s1. The zero-order valence-electron chi connectivity index (χ0n) is 24.5. The number of halogens is 1. The molecular weight excluding hydrogens is 570 g/mol. The lowest BCUT2D eigenvalue weighted by Crippen LogP contribution is -2.58. The number of benzene rings is 2. The summed E-state index contributed by atoms with van der Waals surface area (Å²) in [6.07, 6.45) is 7.89. The molecule has 4 heterocycles. The second-order valence-corrected chi connectivity index (χ2v) is 11.9. The molecule has 0 radical (unpaired) electrons. The smallest absolute Gasteiger partial charge is 0.253 e. The van der Waals surface area contributed by atoms with Crippen molar-refractivity contribution >= 4 is 40.7 Å². The Labute approximate surface area is 256 Å². The number of aliphatic hydroxyl groups excluding tert-OH is 1. The molecule has 10 heteroatoms. The van der Waals surface area contributed by atoms with Crippen molar-refractivity contribution in [3.05, 3.63) is 77.9 Å². The van der Waals surface area contributed by atoms with E-state index in [-0.39, 0.29) is 30.9 Å². The van der Waals surface area contributed by atoms with Gasteiger partial charge < -0.3 is 29.3 Å². The number of carbonyl (C=O) groups is 3. The fourth-order valence-electron chi connectivity index (χ4n) is 7.24. The van der Waals surface area contributed by atoms with Gasteiger partial charge in [0.25, 0.3) is 5.91 Å². The number of aliphatic hydroxyl groups is 1. The number of fused-ring (bicyclic) bond motifs is 2. The highest BCUT2D eigenvalue weighted by Crippen LogP contribution is 2.59. The molecule has 4 aliphatic heterocycles. The van der Waals surface area contributed by atoms with Crippen LogP contribution in [0.25, 0.3) is 0 Å². The number of hydrogen-bond acceptors (Lipinski definition) is 6. The SMILES string of the molecule is CCOc1ccc(N2CC=C[C@]3(CC)O[C@]45C=CCN(c6ccc(Cl)cc6)C(=O)C4N([C@H](C)CO)C(=O)[C@@H]5[C@@H]3C2=O)cc1. The lowest BCUT2D eigenvalue weighted by Gasteiger charge is -2.40. The first-order valence-electron chi connectivity index (χ1n) is 14.8. The molecule has 6 atom stereocenters. The molecule has 0 aliphatic carbocycles. The summed E-state index contributed by atoms with van der Waals surface area (Å²) < 4.78 is 12.6. The summed E-state index contributed by atoms with van der Waals surface area (Å²) in [6.45, 7) is 6.28. The summed E-state index contributed by atoms with van der Waals surface area (Å²) in [6, 6.07) is 12.5. The second kappa shape index (κ2) is 11.1. The molecule has 2 aromatic rings. The van der Waals surface area contributed by atoms with Crippen LogP contribution in [0.5, 0.6) is 5.75 Å². The van der Waals surface area contributed by atoms with E-state index in [1.807, 2.05) is 62.4 Å². The average Bonchev–Trinajstić information content (AvgIpc) is 3.31. The van der Waals surface area contributed by atoms with E-state index in [1.165, 1.54) is 4.90 Å². The first-order valence-corrected chi connectivity index (χ1v) is 15.2. The van der Waals surface area contributed by atoms with Crippen LogP contribution in [0.15, 0.2) is 72.8 Å². The van der Waals surface area contributed by atoms with Crippen LogP contribution >= 0.6 is 11.6 Å². The van der Waals surface area contributed by atoms with Gasteiger partial charge in [-0.1, -0.05) is 42.8 Å². The van der Waals surface area contributed by atoms with E-state index < -0.39 is 35.1 Å². The number of hydrogen-bond donors (Lipinski definition) is 1. The predicted molar refractivity (Wildman–Crippen MR) is 163 cm³/mol. The third-order valence-electron chi connectivity index (χ3n) is 9.21. The number of carbonyl (C=O) groups excluding carboxylic acids is 3. The van der Waals surface area contributed by atoms with Crippen molar-refractivity contribution in [2.75, 3.05) is 36.1 Å². The monoisotopic (exact) mass is 605 g/mol. The van der Waals surface area contributed by atoms with Gasteiger partial charge in [-0.2, -0.15) is 0 Å². The van der Waals surface area contributed by atoms with Crippen molar-refractivity contribution in [3.63, 3.8) is 0 Å². The maximum atomic E-state index is 14.6. The molecule has 4 aliphatic rings. The van der Waals surface area contributed by atoms with Gasteiger partial charge >= 0.3 is 0 Å². The summed E-state index contributed by atoms with van der Waals surface area (Å²) in [5, 5.41) is 10.8. The average molecular weight is 606 g/mol. The molecule has 43 heavy (non-hydrogen) atoms. The Morgan fingerprint density at radius 3 is 2.12 bits per heavy atom. The van der Waals surface area contributed by atoms with Gasteiger partial charge in [-0.15, -0.1) is 0 Å². The highest BCUT2D eigenvalue weighted by molar-refractivity contribution is 6.30. The Morgan fingerprint density at radius 2 is 1.51 bits per heavy atom. The summed E-state index contributed by atoms with van der Waals surface area (Å²) >= 11 is 6.12. The number of amides is 3. The Balaban J connectivity index is 1.46. The zero-order valence-corrected chi connectivity index (χ0v) is 25.2. The van der Waals surface area contributed by atoms with E-state index in [2.05, 4.69) is 0 Å². The first kappa shape index (κ1) is 29.4. The Morgan fingerprint density at radius 1 is 0.907 bits per heavy atom. The van der Waals surface area contributed by atoms with Gasteiger partial charge in [0.2, 0.25) is 11.8 Å². The number of rotatable bonds is 7. The molecule has 0 saturated carbocycles. The zero-order chi connectivity index (χ0) is 30.5. The maximum absolute atomic E-state index is 14.6. The molecule has 9 nitrogen and oxygen atoms in total. The number of likely N-dealkylation sites (tertiary alicyclic amines) is 1. The Kier molecular flexibility index (Phi) is 7.61. The van der Waals surface area contributed by atoms with Gasteiger partial charge in [-0.3, -0.25) is 14.4 Å². The lowest BCUT2D eigenvalue weighted by atomic mass is 9.73. The molecule has 6 rings (SSSR count). The molecule has 3 amide bonds. The molecule has 1 unspecified atom stereocenters. The summed E-state index contributed by atoms with van der Waals surface area (Å²) in [5.74, 6) is -2.14. The van der Waals surface area contributed by atoms with Crippen molar-refractivity contribution in [1.29, 1.82) is 0 Å². The Bertz CT molecular complexity index is 1480. The van der Waals surface area contributed by atoms with E-state index in [1.54, 1.807) is 41.0 Å². The molecule has 226 valence electrons. The van der Waals surface area contributed by atoms with Crippen LogP contribution in [0.2, 0.25) is 5.02 Å². The number of nitrogens with zero attached hydrogens (tertiary/aromatic N) is 3. The van der Waals surface area contributed by atoms with Crippen molar-refractivity contribution in [2.24, 2.45) is 11.8 Å². The molecule has 1 spiro atoms. The van der Waals surface area contributed by atoms with Crippen LogP contribution in [0.1, 0.15) is 27.2 Å². The minimum Gasteiger partial charge on any atom is -0.494 e. The van der Waals surface area contributed by atoms with E-state index >= 15 is 0 Å². The van der Waals surface area contributed by atoms with Gasteiger partial charge in [0.05, 0.1) is 36.7 Å². The number of ether oxygens (including phenoxy) is 2. The van der Waals surface area contributed by atoms with Gasteiger partial charge in [0.15, 0.2) is 0 Å². The van der Waals surface area contributed by atoms with Crippen LogP contribution in [-0.4, -0.2) is 77.3 Å². The highest BCUT2D eigenvalue weighted by atomic mass is 35.5. The summed E-state index contributed by atoms with van der Waals surface area (Å²) in [4.78, 5) is 48.4. The minimum absolute atomic E-state index is 0.246. The minimum atomic E-state index is -1.42. The van der Waals surface area contributed by atoms with Crippen LogP contribution in [0.4, 0.5) is 11.4 Å². The molecule has 2 fully saturated rings. The quantitative estimate of drug-likeness (QED) is 0.479. The van der Waals surface area contributed by atoms with Gasteiger partial charge in [-0.05, 0) is 68.8 Å². The fourth-order valence-corrected chi connectivity index (χ4v) is 7.36. The summed E-state index contributed by atoms with van der Waals surface area (Å²) in [5.41, 5.74) is -1.22. The number of anilines is 2. The van der Waals surface area contributed by atoms with Gasteiger partial charge in [-0.25, -0.2) is 0 Å². The summed E-state index contributed by atoms with van der Waals surface area (Å²) in [7, 11) is 0. The third-order valence-corrected chi connectivity index (χ3v) is 9.47. The fraction of sp³-hybridized carbons (Fsp3) is 0.424. The molecular formula is C33H36ClN3O6. The normalized spacial score (nSPS) is 30.6.